The van der Waals surface area contributed by atoms with E-state index in [-0.39, 0.29) is 17.3 Å². The third kappa shape index (κ3) is 6.96. The van der Waals surface area contributed by atoms with Crippen LogP contribution in [0.2, 0.25) is 0 Å². The second-order valence-corrected chi connectivity index (χ2v) is 13.5. The molecule has 9 nitrogen and oxygen atoms in total. The largest absolute Gasteiger partial charge is 0.351 e. The van der Waals surface area contributed by atoms with Gasteiger partial charge in [-0.05, 0) is 77.4 Å². The zero-order valence-electron chi connectivity index (χ0n) is 25.2. The number of fused-ring (bicyclic) bond motifs is 1. The van der Waals surface area contributed by atoms with Crippen LogP contribution in [0, 0.1) is 23.3 Å². The highest BCUT2D eigenvalue weighted by molar-refractivity contribution is 7.91. The Morgan fingerprint density at radius 2 is 1.67 bits per heavy atom. The van der Waals surface area contributed by atoms with E-state index in [0.29, 0.717) is 23.4 Å². The predicted octanol–water partition coefficient (Wildman–Crippen LogP) is 5.82. The molecular weight excluding hydrogens is 612 g/mol. The van der Waals surface area contributed by atoms with Crippen LogP contribution in [-0.2, 0) is 15.8 Å². The fourth-order valence-corrected chi connectivity index (χ4v) is 6.87. The number of nitrogens with one attached hydrogen (secondary N) is 2. The Kier molecular flexibility index (Phi) is 9.17. The number of aromatic nitrogens is 3. The van der Waals surface area contributed by atoms with Crippen LogP contribution in [0.1, 0.15) is 51.1 Å². The fraction of sp³-hybridized carbons (Fsp3) is 0.387. The molecule has 0 amide bonds. The molecule has 2 N–H and O–H groups in total. The van der Waals surface area contributed by atoms with Gasteiger partial charge in [0.05, 0.1) is 22.6 Å². The maximum absolute atomic E-state index is 15.5. The van der Waals surface area contributed by atoms with E-state index >= 15 is 13.2 Å². The quantitative estimate of drug-likeness (QED) is 0.174. The van der Waals surface area contributed by atoms with Crippen molar-refractivity contribution >= 4 is 32.7 Å². The van der Waals surface area contributed by atoms with E-state index in [1.165, 1.54) is 29.0 Å². The summed E-state index contributed by atoms with van der Waals surface area (Å²) in [6, 6.07) is 6.37. The highest BCUT2D eigenvalue weighted by Crippen LogP contribution is 2.33. The third-order valence-corrected chi connectivity index (χ3v) is 9.26. The van der Waals surface area contributed by atoms with Crippen LogP contribution in [0.15, 0.2) is 47.4 Å². The summed E-state index contributed by atoms with van der Waals surface area (Å²) in [6.45, 7) is 3.41. The normalized spacial score (nSPS) is 17.3. The van der Waals surface area contributed by atoms with Crippen LogP contribution in [0.25, 0.3) is 22.2 Å². The summed E-state index contributed by atoms with van der Waals surface area (Å²) in [5, 5.41) is 3.63. The van der Waals surface area contributed by atoms with Gasteiger partial charge < -0.3 is 10.2 Å². The molecule has 1 fully saturated rings. The molecule has 0 radical (unpaired) electrons. The maximum Gasteiger partial charge on any atom is 0.260 e. The molecule has 240 valence electrons. The van der Waals surface area contributed by atoms with Crippen molar-refractivity contribution in [3.63, 3.8) is 0 Å². The molecule has 0 spiro atoms. The summed E-state index contributed by atoms with van der Waals surface area (Å²) < 4.78 is 87.7. The first-order chi connectivity index (χ1) is 21.2. The Morgan fingerprint density at radius 1 is 1.00 bits per heavy atom. The first-order valence-corrected chi connectivity index (χ1v) is 16.2. The molecule has 0 unspecified atom stereocenters. The molecule has 1 saturated carbocycles. The first kappa shape index (κ1) is 32.4. The van der Waals surface area contributed by atoms with E-state index in [4.69, 9.17) is 0 Å². The number of benzene rings is 2. The molecule has 5 rings (SSSR count). The van der Waals surface area contributed by atoms with Crippen molar-refractivity contribution in [3.05, 3.63) is 81.8 Å². The molecule has 1 aliphatic carbocycles. The van der Waals surface area contributed by atoms with Gasteiger partial charge in [-0.2, -0.15) is 4.98 Å². The maximum atomic E-state index is 15.5. The molecule has 0 atom stereocenters. The molecular formula is C31H34F4N6O3S. The summed E-state index contributed by atoms with van der Waals surface area (Å²) in [4.78, 5) is 24.8. The SMILES string of the molecule is CC(C)n1c(=O)c(-c2c(F)cc(NS(=O)(=O)Cc3ccc(F)cc3)c(F)c2F)cc2cnc(NC3CCC(N(C)C)CC3)nc21. The average molecular weight is 647 g/mol. The summed E-state index contributed by atoms with van der Waals surface area (Å²) in [7, 11) is -0.227. The Labute approximate surface area is 258 Å². The fourth-order valence-electron chi connectivity index (χ4n) is 5.69. The topological polar surface area (TPSA) is 109 Å². The molecule has 4 aromatic rings. The average Bonchev–Trinajstić information content (AvgIpc) is 2.97. The van der Waals surface area contributed by atoms with Crippen LogP contribution >= 0.6 is 0 Å². The number of pyridine rings is 1. The zero-order chi connectivity index (χ0) is 32.6. The summed E-state index contributed by atoms with van der Waals surface area (Å²) in [6.07, 6.45) is 5.30. The van der Waals surface area contributed by atoms with Crippen molar-refractivity contribution < 1.29 is 26.0 Å². The van der Waals surface area contributed by atoms with Crippen LogP contribution in [-0.4, -0.2) is 54.0 Å². The molecule has 2 aromatic heterocycles. The van der Waals surface area contributed by atoms with E-state index in [2.05, 4.69) is 34.3 Å². The van der Waals surface area contributed by atoms with Crippen molar-refractivity contribution in [2.75, 3.05) is 24.1 Å². The lowest BCUT2D eigenvalue weighted by molar-refractivity contribution is 0.221. The van der Waals surface area contributed by atoms with Gasteiger partial charge in [0.15, 0.2) is 11.6 Å². The second-order valence-electron chi connectivity index (χ2n) is 11.8. The lowest BCUT2D eigenvalue weighted by Gasteiger charge is -2.33. The number of anilines is 2. The van der Waals surface area contributed by atoms with E-state index in [9.17, 15) is 17.6 Å². The Morgan fingerprint density at radius 3 is 2.29 bits per heavy atom. The van der Waals surface area contributed by atoms with Gasteiger partial charge in [-0.15, -0.1) is 0 Å². The second kappa shape index (κ2) is 12.8. The van der Waals surface area contributed by atoms with Gasteiger partial charge in [-0.3, -0.25) is 14.1 Å². The van der Waals surface area contributed by atoms with Crippen LogP contribution in [0.5, 0.6) is 0 Å². The minimum atomic E-state index is -4.35. The van der Waals surface area contributed by atoms with Crippen molar-refractivity contribution in [2.24, 2.45) is 0 Å². The van der Waals surface area contributed by atoms with Gasteiger partial charge in [0.1, 0.15) is 17.3 Å². The van der Waals surface area contributed by atoms with Crippen LogP contribution < -0.4 is 15.6 Å². The highest BCUT2D eigenvalue weighted by Gasteiger charge is 2.27. The summed E-state index contributed by atoms with van der Waals surface area (Å²) >= 11 is 0. The van der Waals surface area contributed by atoms with Crippen molar-refractivity contribution in [2.45, 2.75) is 63.4 Å². The van der Waals surface area contributed by atoms with Crippen molar-refractivity contribution in [1.82, 2.24) is 19.4 Å². The lowest BCUT2D eigenvalue weighted by Crippen LogP contribution is -2.36. The minimum absolute atomic E-state index is 0.148. The number of sulfonamides is 1. The third-order valence-electron chi connectivity index (χ3n) is 8.01. The van der Waals surface area contributed by atoms with Crippen molar-refractivity contribution in [3.8, 4) is 11.1 Å². The van der Waals surface area contributed by atoms with E-state index in [0.717, 1.165) is 37.8 Å². The summed E-state index contributed by atoms with van der Waals surface area (Å²) in [5.41, 5.74) is -2.79. The highest BCUT2D eigenvalue weighted by atomic mass is 32.2. The van der Waals surface area contributed by atoms with E-state index < -0.39 is 67.5 Å². The smallest absolute Gasteiger partial charge is 0.260 e. The summed E-state index contributed by atoms with van der Waals surface area (Å²) in [5.74, 6) is -5.75. The molecule has 14 heteroatoms. The first-order valence-electron chi connectivity index (χ1n) is 14.5. The number of halogens is 4. The van der Waals surface area contributed by atoms with Crippen LogP contribution in [0.3, 0.4) is 0 Å². The van der Waals surface area contributed by atoms with E-state index in [1.807, 2.05) is 4.72 Å². The predicted molar refractivity (Wildman–Crippen MR) is 165 cm³/mol. The van der Waals surface area contributed by atoms with E-state index in [1.54, 1.807) is 13.8 Å². The number of hydrogen-bond donors (Lipinski definition) is 2. The minimum Gasteiger partial charge on any atom is -0.351 e. The van der Waals surface area contributed by atoms with Crippen molar-refractivity contribution in [1.29, 1.82) is 0 Å². The Balaban J connectivity index is 1.48. The van der Waals surface area contributed by atoms with Gasteiger partial charge in [0.25, 0.3) is 5.56 Å². The molecule has 0 saturated heterocycles. The van der Waals surface area contributed by atoms with Gasteiger partial charge in [-0.1, -0.05) is 12.1 Å². The van der Waals surface area contributed by atoms with Gasteiger partial charge in [-0.25, -0.2) is 31.0 Å². The standard InChI is InChI=1S/C31H34F4N6O3S/c1-17(2)41-29-19(15-36-31(38-29)37-21-9-11-22(12-10-21)40(3)4)13-23(30(41)42)26-24(33)14-25(27(34)28(26)35)39-45(43,44)16-18-5-7-20(32)8-6-18/h5-8,13-15,17,21-22,39H,9-12,16H2,1-4H3,(H,36,37,38). The monoisotopic (exact) mass is 646 g/mol. The molecule has 2 heterocycles. The van der Waals surface area contributed by atoms with Gasteiger partial charge >= 0.3 is 0 Å². The zero-order valence-corrected chi connectivity index (χ0v) is 26.1. The molecule has 0 aliphatic heterocycles. The lowest BCUT2D eigenvalue weighted by atomic mass is 9.91. The number of hydrogen-bond acceptors (Lipinski definition) is 7. The van der Waals surface area contributed by atoms with Gasteiger partial charge in [0, 0.05) is 35.8 Å². The number of nitrogens with zero attached hydrogens (tertiary/aromatic N) is 4. The molecule has 0 bridgehead atoms. The molecule has 45 heavy (non-hydrogen) atoms. The Hall–Kier alpha value is -4.04. The molecule has 1 aliphatic rings. The van der Waals surface area contributed by atoms with Crippen LogP contribution in [0.4, 0.5) is 29.2 Å². The molecule has 2 aromatic carbocycles. The van der Waals surface area contributed by atoms with Gasteiger partial charge in [0.2, 0.25) is 16.0 Å². The number of rotatable bonds is 9. The Bertz CT molecular complexity index is 1890.